The van der Waals surface area contributed by atoms with Crippen molar-refractivity contribution in [3.63, 3.8) is 0 Å². The SMILES string of the molecule is O=[N+]([O-])c1cc(F)c(S(=O)[O-])cc1Cl.[Na+]. The zero-order chi connectivity index (χ0) is 10.9. The van der Waals surface area contributed by atoms with Crippen molar-refractivity contribution in [1.29, 1.82) is 0 Å². The monoisotopic (exact) mass is 261 g/mol. The molecule has 0 aliphatic heterocycles. The quantitative estimate of drug-likeness (QED) is 0.285. The van der Waals surface area contributed by atoms with Crippen LogP contribution >= 0.6 is 11.6 Å². The van der Waals surface area contributed by atoms with E-state index in [4.69, 9.17) is 11.6 Å². The van der Waals surface area contributed by atoms with E-state index in [-0.39, 0.29) is 29.6 Å². The fraction of sp³-hybridized carbons (Fsp3) is 0. The Morgan fingerprint density at radius 3 is 2.40 bits per heavy atom. The Bertz CT molecular complexity index is 390. The smallest absolute Gasteiger partial charge is 0.768 e. The summed E-state index contributed by atoms with van der Waals surface area (Å²) in [5, 5.41) is 9.83. The molecule has 0 radical (unpaired) electrons. The van der Waals surface area contributed by atoms with E-state index in [1.54, 1.807) is 0 Å². The Labute approximate surface area is 113 Å². The second-order valence-electron chi connectivity index (χ2n) is 2.23. The van der Waals surface area contributed by atoms with Crippen molar-refractivity contribution in [2.45, 2.75) is 4.90 Å². The Kier molecular flexibility index (Phi) is 5.86. The average molecular weight is 262 g/mol. The summed E-state index contributed by atoms with van der Waals surface area (Å²) in [7, 11) is 0. The molecule has 1 aromatic rings. The van der Waals surface area contributed by atoms with Gasteiger partial charge in [0.2, 0.25) is 0 Å². The van der Waals surface area contributed by atoms with Crippen LogP contribution in [-0.2, 0) is 11.1 Å². The summed E-state index contributed by atoms with van der Waals surface area (Å²) in [5.41, 5.74) is -0.668. The van der Waals surface area contributed by atoms with E-state index in [0.29, 0.717) is 12.1 Å². The third kappa shape index (κ3) is 3.47. The molecule has 15 heavy (non-hydrogen) atoms. The number of hydrogen-bond acceptors (Lipinski definition) is 4. The molecule has 5 nitrogen and oxygen atoms in total. The number of hydrogen-bond donors (Lipinski definition) is 0. The van der Waals surface area contributed by atoms with Gasteiger partial charge < -0.3 is 4.55 Å². The molecular weight excluding hydrogens is 260 g/mol. The van der Waals surface area contributed by atoms with Gasteiger partial charge in [-0.25, -0.2) is 4.39 Å². The van der Waals surface area contributed by atoms with E-state index in [1.165, 1.54) is 0 Å². The molecule has 76 valence electrons. The third-order valence-corrected chi connectivity index (χ3v) is 2.35. The van der Waals surface area contributed by atoms with Gasteiger partial charge in [-0.05, 0) is 17.1 Å². The third-order valence-electron chi connectivity index (χ3n) is 1.38. The molecule has 0 aliphatic carbocycles. The second kappa shape index (κ2) is 5.88. The van der Waals surface area contributed by atoms with Crippen LogP contribution < -0.4 is 29.6 Å². The number of benzene rings is 1. The maximum Gasteiger partial charge on any atom is 1.00 e. The number of nitro benzene ring substituents is 1. The molecule has 0 bridgehead atoms. The summed E-state index contributed by atoms with van der Waals surface area (Å²) in [6.45, 7) is 0. The Hall–Kier alpha value is -0.0500. The normalized spacial score (nSPS) is 11.7. The first kappa shape index (κ1) is 14.9. The van der Waals surface area contributed by atoms with Gasteiger partial charge in [-0.3, -0.25) is 14.3 Å². The van der Waals surface area contributed by atoms with Crippen LogP contribution in [0, 0.1) is 15.9 Å². The first-order valence-electron chi connectivity index (χ1n) is 3.16. The molecule has 1 aromatic carbocycles. The minimum Gasteiger partial charge on any atom is -0.768 e. The van der Waals surface area contributed by atoms with Gasteiger partial charge in [-0.2, -0.15) is 0 Å². The van der Waals surface area contributed by atoms with Crippen molar-refractivity contribution in [2.75, 3.05) is 0 Å². The van der Waals surface area contributed by atoms with Crippen LogP contribution in [-0.4, -0.2) is 13.7 Å². The van der Waals surface area contributed by atoms with Gasteiger partial charge in [-0.1, -0.05) is 11.6 Å². The zero-order valence-corrected chi connectivity index (χ0v) is 11.0. The van der Waals surface area contributed by atoms with E-state index in [2.05, 4.69) is 0 Å². The van der Waals surface area contributed by atoms with Gasteiger partial charge in [0.25, 0.3) is 5.69 Å². The zero-order valence-electron chi connectivity index (χ0n) is 7.40. The van der Waals surface area contributed by atoms with E-state index in [9.17, 15) is 23.3 Å². The van der Waals surface area contributed by atoms with E-state index in [0.717, 1.165) is 0 Å². The summed E-state index contributed by atoms with van der Waals surface area (Å²) < 4.78 is 33.7. The molecule has 0 amide bonds. The Morgan fingerprint density at radius 1 is 1.47 bits per heavy atom. The van der Waals surface area contributed by atoms with Gasteiger partial charge in [0, 0.05) is 0 Å². The number of nitrogens with zero attached hydrogens (tertiary/aromatic N) is 1. The first-order chi connectivity index (χ1) is 6.43. The van der Waals surface area contributed by atoms with Crippen LogP contribution in [0.2, 0.25) is 5.02 Å². The summed E-state index contributed by atoms with van der Waals surface area (Å²) >= 11 is 2.55. The maximum absolute atomic E-state index is 12.9. The fourth-order valence-electron chi connectivity index (χ4n) is 0.786. The van der Waals surface area contributed by atoms with Gasteiger partial charge in [0.1, 0.15) is 10.8 Å². The van der Waals surface area contributed by atoms with Crippen LogP contribution in [0.15, 0.2) is 17.0 Å². The molecule has 0 saturated heterocycles. The topological polar surface area (TPSA) is 83.3 Å². The number of halogens is 2. The van der Waals surface area contributed by atoms with E-state index < -0.39 is 37.4 Å². The molecule has 1 unspecified atom stereocenters. The van der Waals surface area contributed by atoms with Crippen LogP contribution in [0.3, 0.4) is 0 Å². The van der Waals surface area contributed by atoms with Crippen LogP contribution in [0.25, 0.3) is 0 Å². The maximum atomic E-state index is 12.9. The minimum atomic E-state index is -2.80. The molecule has 0 aromatic heterocycles. The molecule has 0 spiro atoms. The largest absolute Gasteiger partial charge is 1.00 e. The standard InChI is InChI=1S/C6H3ClFNO4S.Na/c7-3-1-6(14(12)13)4(8)2-5(3)9(10)11;/h1-2H,(H,12,13);/q;+1/p-1. The van der Waals surface area contributed by atoms with Gasteiger partial charge >= 0.3 is 29.6 Å². The molecule has 0 saturated carbocycles. The Balaban J connectivity index is 0.00000196. The molecule has 1 rings (SSSR count). The Morgan fingerprint density at radius 2 is 2.00 bits per heavy atom. The van der Waals surface area contributed by atoms with Crippen LogP contribution in [0.5, 0.6) is 0 Å². The number of nitro groups is 1. The molecular formula is C6H2ClFNNaO4S. The number of rotatable bonds is 2. The summed E-state index contributed by atoms with van der Waals surface area (Å²) in [6.07, 6.45) is 0. The van der Waals surface area contributed by atoms with Crippen LogP contribution in [0.1, 0.15) is 0 Å². The van der Waals surface area contributed by atoms with Crippen molar-refractivity contribution < 1.29 is 47.6 Å². The molecule has 0 fully saturated rings. The predicted molar refractivity (Wildman–Crippen MR) is 45.3 cm³/mol. The second-order valence-corrected chi connectivity index (χ2v) is 3.54. The fourth-order valence-corrected chi connectivity index (χ4v) is 1.52. The molecule has 0 N–H and O–H groups in total. The van der Waals surface area contributed by atoms with Crippen molar-refractivity contribution in [3.05, 3.63) is 33.1 Å². The summed E-state index contributed by atoms with van der Waals surface area (Å²) in [5.74, 6) is -1.20. The average Bonchev–Trinajstić information content (AvgIpc) is 2.07. The van der Waals surface area contributed by atoms with Crippen molar-refractivity contribution in [3.8, 4) is 0 Å². The molecule has 9 heteroatoms. The van der Waals surface area contributed by atoms with E-state index in [1.807, 2.05) is 0 Å². The van der Waals surface area contributed by atoms with Crippen molar-refractivity contribution in [1.82, 2.24) is 0 Å². The molecule has 0 aliphatic rings. The summed E-state index contributed by atoms with van der Waals surface area (Å²) in [6, 6.07) is 1.16. The first-order valence-corrected chi connectivity index (χ1v) is 4.61. The molecule has 1 atom stereocenters. The van der Waals surface area contributed by atoms with E-state index >= 15 is 0 Å². The predicted octanol–water partition coefficient (Wildman–Crippen LogP) is -1.37. The van der Waals surface area contributed by atoms with Gasteiger partial charge in [-0.15, -0.1) is 0 Å². The molecule has 0 heterocycles. The van der Waals surface area contributed by atoms with Gasteiger partial charge in [0.15, 0.2) is 0 Å². The van der Waals surface area contributed by atoms with Gasteiger partial charge in [0.05, 0.1) is 15.9 Å². The minimum absolute atomic E-state index is 0. The van der Waals surface area contributed by atoms with Crippen molar-refractivity contribution in [2.24, 2.45) is 0 Å². The van der Waals surface area contributed by atoms with Crippen LogP contribution in [0.4, 0.5) is 10.1 Å². The summed E-state index contributed by atoms with van der Waals surface area (Å²) in [4.78, 5) is 8.66. The van der Waals surface area contributed by atoms with Crippen molar-refractivity contribution >= 4 is 28.4 Å².